The Morgan fingerprint density at radius 1 is 0.840 bits per heavy atom. The quantitative estimate of drug-likeness (QED) is 0.877. The minimum Gasteiger partial charge on any atom is -0.504 e. The Morgan fingerprint density at radius 3 is 1.92 bits per heavy atom. The van der Waals surface area contributed by atoms with Crippen LogP contribution >= 0.6 is 0 Å². The van der Waals surface area contributed by atoms with Crippen LogP contribution in [0, 0.1) is 5.92 Å². The minimum absolute atomic E-state index is 0.00838. The molecular formula is C20H24O5. The van der Waals surface area contributed by atoms with Crippen LogP contribution in [-0.4, -0.2) is 30.5 Å². The first kappa shape index (κ1) is 17.4. The highest BCUT2D eigenvalue weighted by Gasteiger charge is 2.41. The van der Waals surface area contributed by atoms with Crippen LogP contribution in [0.4, 0.5) is 0 Å². The lowest BCUT2D eigenvalue weighted by Gasteiger charge is -2.21. The van der Waals surface area contributed by atoms with Gasteiger partial charge in [0.15, 0.2) is 23.0 Å². The molecule has 4 atom stereocenters. The van der Waals surface area contributed by atoms with Gasteiger partial charge in [-0.15, -0.1) is 0 Å². The molecule has 0 amide bonds. The average molecular weight is 344 g/mol. The van der Waals surface area contributed by atoms with Gasteiger partial charge in [0, 0.05) is 5.92 Å². The van der Waals surface area contributed by atoms with Gasteiger partial charge >= 0.3 is 0 Å². The minimum atomic E-state index is -0.103. The molecule has 5 heteroatoms. The summed E-state index contributed by atoms with van der Waals surface area (Å²) in [5, 5.41) is 19.6. The van der Waals surface area contributed by atoms with E-state index in [-0.39, 0.29) is 35.5 Å². The largest absolute Gasteiger partial charge is 0.504 e. The number of phenolic OH excluding ortho intramolecular Hbond substituents is 2. The molecule has 0 unspecified atom stereocenters. The van der Waals surface area contributed by atoms with Crippen molar-refractivity contribution >= 4 is 0 Å². The van der Waals surface area contributed by atoms with Crippen molar-refractivity contribution in [3.05, 3.63) is 47.5 Å². The molecule has 0 aromatic heterocycles. The van der Waals surface area contributed by atoms with E-state index in [0.29, 0.717) is 11.5 Å². The van der Waals surface area contributed by atoms with E-state index < -0.39 is 0 Å². The number of phenols is 2. The highest BCUT2D eigenvalue weighted by molar-refractivity contribution is 5.45. The Labute approximate surface area is 147 Å². The monoisotopic (exact) mass is 344 g/mol. The topological polar surface area (TPSA) is 68.2 Å². The molecular weight excluding hydrogens is 320 g/mol. The normalized spacial score (nSPS) is 25.8. The predicted octanol–water partition coefficient (Wildman–Crippen LogP) is 3.99. The molecule has 1 aliphatic heterocycles. The molecule has 0 aliphatic carbocycles. The molecule has 2 aromatic rings. The van der Waals surface area contributed by atoms with E-state index in [4.69, 9.17) is 14.2 Å². The van der Waals surface area contributed by atoms with Crippen LogP contribution in [0.3, 0.4) is 0 Å². The fourth-order valence-corrected chi connectivity index (χ4v) is 3.79. The van der Waals surface area contributed by atoms with Crippen molar-refractivity contribution in [1.82, 2.24) is 0 Å². The molecule has 1 aliphatic rings. The molecule has 1 heterocycles. The van der Waals surface area contributed by atoms with E-state index in [2.05, 4.69) is 13.8 Å². The second kappa shape index (κ2) is 6.84. The van der Waals surface area contributed by atoms with Crippen LogP contribution in [0.2, 0.25) is 0 Å². The van der Waals surface area contributed by atoms with Gasteiger partial charge < -0.3 is 24.4 Å². The van der Waals surface area contributed by atoms with E-state index in [1.165, 1.54) is 7.11 Å². The van der Waals surface area contributed by atoms with Gasteiger partial charge in [0.1, 0.15) is 0 Å². The SMILES string of the molecule is COc1cc([C@@H]2[C@@H](C)[C@H](c3ccc(O)c(OC)c3)O[C@@H]2C)ccc1O. The third kappa shape index (κ3) is 3.12. The summed E-state index contributed by atoms with van der Waals surface area (Å²) < 4.78 is 16.7. The smallest absolute Gasteiger partial charge is 0.160 e. The van der Waals surface area contributed by atoms with Crippen molar-refractivity contribution in [3.8, 4) is 23.0 Å². The van der Waals surface area contributed by atoms with Gasteiger partial charge in [-0.05, 0) is 48.2 Å². The molecule has 0 radical (unpaired) electrons. The Bertz CT molecular complexity index is 758. The van der Waals surface area contributed by atoms with Gasteiger partial charge in [-0.25, -0.2) is 0 Å². The van der Waals surface area contributed by atoms with Crippen LogP contribution in [0.15, 0.2) is 36.4 Å². The van der Waals surface area contributed by atoms with E-state index >= 15 is 0 Å². The molecule has 0 spiro atoms. The van der Waals surface area contributed by atoms with Crippen molar-refractivity contribution in [1.29, 1.82) is 0 Å². The van der Waals surface area contributed by atoms with Gasteiger partial charge in [0.25, 0.3) is 0 Å². The summed E-state index contributed by atoms with van der Waals surface area (Å²) in [7, 11) is 3.08. The zero-order valence-electron chi connectivity index (χ0n) is 14.9. The van der Waals surface area contributed by atoms with Gasteiger partial charge in [0.05, 0.1) is 26.4 Å². The van der Waals surface area contributed by atoms with Crippen LogP contribution in [-0.2, 0) is 4.74 Å². The number of hydrogen-bond donors (Lipinski definition) is 2. The third-order valence-corrected chi connectivity index (χ3v) is 5.03. The maximum absolute atomic E-state index is 9.83. The van der Waals surface area contributed by atoms with Crippen LogP contribution in [0.1, 0.15) is 37.0 Å². The maximum atomic E-state index is 9.83. The van der Waals surface area contributed by atoms with E-state index in [1.807, 2.05) is 24.3 Å². The van der Waals surface area contributed by atoms with Crippen LogP contribution in [0.25, 0.3) is 0 Å². The Balaban J connectivity index is 1.92. The summed E-state index contributed by atoms with van der Waals surface area (Å²) in [5.74, 6) is 1.52. The molecule has 25 heavy (non-hydrogen) atoms. The lowest BCUT2D eigenvalue weighted by atomic mass is 9.81. The summed E-state index contributed by atoms with van der Waals surface area (Å²) in [5.41, 5.74) is 2.05. The van der Waals surface area contributed by atoms with Gasteiger partial charge in [-0.2, -0.15) is 0 Å². The number of rotatable bonds is 4. The van der Waals surface area contributed by atoms with Crippen LogP contribution in [0.5, 0.6) is 23.0 Å². The van der Waals surface area contributed by atoms with E-state index in [0.717, 1.165) is 11.1 Å². The molecule has 0 saturated carbocycles. The number of methoxy groups -OCH3 is 2. The first-order chi connectivity index (χ1) is 12.0. The first-order valence-electron chi connectivity index (χ1n) is 8.35. The third-order valence-electron chi connectivity index (χ3n) is 5.03. The standard InChI is InChI=1S/C20H24O5/c1-11-19(13-5-7-15(21)17(9-13)23-3)12(2)25-20(11)14-6-8-16(22)18(10-14)24-4/h5-12,19-22H,1-4H3/t11-,12-,19-,20-/m1/s1. The summed E-state index contributed by atoms with van der Waals surface area (Å²) in [6.07, 6.45) is -0.0941. The van der Waals surface area contributed by atoms with Crippen molar-refractivity contribution in [3.63, 3.8) is 0 Å². The number of ether oxygens (including phenoxy) is 3. The Hall–Kier alpha value is -2.40. The highest BCUT2D eigenvalue weighted by atomic mass is 16.5. The molecule has 0 bridgehead atoms. The summed E-state index contributed by atoms with van der Waals surface area (Å²) in [6.45, 7) is 4.20. The fourth-order valence-electron chi connectivity index (χ4n) is 3.79. The van der Waals surface area contributed by atoms with Gasteiger partial charge in [0.2, 0.25) is 0 Å². The van der Waals surface area contributed by atoms with Crippen molar-refractivity contribution in [2.24, 2.45) is 5.92 Å². The Morgan fingerprint density at radius 2 is 1.36 bits per heavy atom. The molecule has 3 rings (SSSR count). The molecule has 5 nitrogen and oxygen atoms in total. The lowest BCUT2D eigenvalue weighted by molar-refractivity contribution is 0.0431. The van der Waals surface area contributed by atoms with Gasteiger partial charge in [-0.1, -0.05) is 19.1 Å². The fraction of sp³-hybridized carbons (Fsp3) is 0.400. The van der Waals surface area contributed by atoms with Crippen LogP contribution < -0.4 is 9.47 Å². The molecule has 1 fully saturated rings. The van der Waals surface area contributed by atoms with Crippen molar-refractivity contribution in [2.45, 2.75) is 32.0 Å². The number of benzene rings is 2. The lowest BCUT2D eigenvalue weighted by Crippen LogP contribution is -2.14. The molecule has 1 saturated heterocycles. The number of aromatic hydroxyl groups is 2. The summed E-state index contributed by atoms with van der Waals surface area (Å²) in [4.78, 5) is 0. The zero-order valence-corrected chi connectivity index (χ0v) is 14.9. The summed E-state index contributed by atoms with van der Waals surface area (Å²) >= 11 is 0. The maximum Gasteiger partial charge on any atom is 0.160 e. The first-order valence-corrected chi connectivity index (χ1v) is 8.35. The molecule has 134 valence electrons. The second-order valence-electron chi connectivity index (χ2n) is 6.51. The summed E-state index contributed by atoms with van der Waals surface area (Å²) in [6, 6.07) is 10.8. The van der Waals surface area contributed by atoms with E-state index in [1.54, 1.807) is 19.2 Å². The average Bonchev–Trinajstić information content (AvgIpc) is 2.90. The highest BCUT2D eigenvalue weighted by Crippen LogP contribution is 2.49. The molecule has 2 N–H and O–H groups in total. The van der Waals surface area contributed by atoms with Gasteiger partial charge in [-0.3, -0.25) is 0 Å². The number of hydrogen-bond acceptors (Lipinski definition) is 5. The Kier molecular flexibility index (Phi) is 4.77. The second-order valence-corrected chi connectivity index (χ2v) is 6.51. The predicted molar refractivity (Wildman–Crippen MR) is 94.5 cm³/mol. The van der Waals surface area contributed by atoms with E-state index in [9.17, 15) is 10.2 Å². The molecule has 2 aromatic carbocycles. The van der Waals surface area contributed by atoms with Crippen molar-refractivity contribution in [2.75, 3.05) is 14.2 Å². The zero-order chi connectivity index (χ0) is 18.1. The van der Waals surface area contributed by atoms with Crippen molar-refractivity contribution < 1.29 is 24.4 Å².